The number of pyridine rings is 1. The van der Waals surface area contributed by atoms with Gasteiger partial charge in [-0.25, -0.2) is 9.37 Å². The lowest BCUT2D eigenvalue weighted by Crippen LogP contribution is -2.10. The van der Waals surface area contributed by atoms with Crippen LogP contribution in [0.15, 0.2) is 30.3 Å². The summed E-state index contributed by atoms with van der Waals surface area (Å²) >= 11 is 5.59. The number of nitro groups is 1. The third-order valence-corrected chi connectivity index (χ3v) is 2.79. The van der Waals surface area contributed by atoms with E-state index in [2.05, 4.69) is 10.3 Å². The molecule has 1 aromatic carbocycles. The second-order valence-corrected chi connectivity index (χ2v) is 4.46. The lowest BCUT2D eigenvalue weighted by atomic mass is 10.1. The van der Waals surface area contributed by atoms with Crippen molar-refractivity contribution in [3.05, 3.63) is 57.0 Å². The van der Waals surface area contributed by atoms with Gasteiger partial charge in [0.25, 0.3) is 0 Å². The van der Waals surface area contributed by atoms with E-state index in [0.717, 1.165) is 24.3 Å². The van der Waals surface area contributed by atoms with Gasteiger partial charge in [0, 0.05) is 6.07 Å². The largest absolute Gasteiger partial charge is 0.418 e. The first kappa shape index (κ1) is 16.0. The van der Waals surface area contributed by atoms with Crippen molar-refractivity contribution in [2.75, 3.05) is 5.32 Å². The summed E-state index contributed by atoms with van der Waals surface area (Å²) < 4.78 is 51.7. The van der Waals surface area contributed by atoms with Crippen molar-refractivity contribution in [3.8, 4) is 0 Å². The minimum Gasteiger partial charge on any atom is -0.334 e. The lowest BCUT2D eigenvalue weighted by molar-refractivity contribution is -0.384. The maximum absolute atomic E-state index is 13.0. The minimum absolute atomic E-state index is 0.149. The smallest absolute Gasteiger partial charge is 0.334 e. The topological polar surface area (TPSA) is 68.1 Å². The molecule has 0 saturated carbocycles. The average Bonchev–Trinajstić information content (AvgIpc) is 2.39. The zero-order chi connectivity index (χ0) is 16.5. The van der Waals surface area contributed by atoms with Crippen LogP contribution in [0.2, 0.25) is 5.15 Å². The Labute approximate surface area is 125 Å². The van der Waals surface area contributed by atoms with E-state index >= 15 is 0 Å². The highest BCUT2D eigenvalue weighted by molar-refractivity contribution is 6.29. The SMILES string of the molecule is O=[N+]([O-])c1ccc(Cl)nc1Nc1ccc(F)cc1C(F)(F)F. The fourth-order valence-electron chi connectivity index (χ4n) is 1.65. The molecular formula is C12H6ClF4N3O2. The first-order valence-electron chi connectivity index (χ1n) is 5.63. The number of hydrogen-bond acceptors (Lipinski definition) is 4. The molecule has 2 aromatic rings. The Bertz CT molecular complexity index is 737. The molecule has 0 bridgehead atoms. The number of rotatable bonds is 3. The Morgan fingerprint density at radius 2 is 1.91 bits per heavy atom. The van der Waals surface area contributed by atoms with E-state index in [1.165, 1.54) is 0 Å². The van der Waals surface area contributed by atoms with Crippen LogP contribution in [0.25, 0.3) is 0 Å². The summed E-state index contributed by atoms with van der Waals surface area (Å²) in [6.45, 7) is 0. The van der Waals surface area contributed by atoms with E-state index in [0.29, 0.717) is 0 Å². The van der Waals surface area contributed by atoms with Crippen LogP contribution >= 0.6 is 11.6 Å². The van der Waals surface area contributed by atoms with Crippen LogP contribution in [0.5, 0.6) is 0 Å². The highest BCUT2D eigenvalue weighted by atomic mass is 35.5. The van der Waals surface area contributed by atoms with E-state index in [4.69, 9.17) is 11.6 Å². The van der Waals surface area contributed by atoms with Crippen molar-refractivity contribution in [2.45, 2.75) is 6.18 Å². The zero-order valence-electron chi connectivity index (χ0n) is 10.5. The first-order valence-corrected chi connectivity index (χ1v) is 6.01. The van der Waals surface area contributed by atoms with E-state index < -0.39 is 39.7 Å². The summed E-state index contributed by atoms with van der Waals surface area (Å²) in [7, 11) is 0. The number of halogens is 5. The molecular weight excluding hydrogens is 330 g/mol. The summed E-state index contributed by atoms with van der Waals surface area (Å²) in [6.07, 6.45) is -4.85. The summed E-state index contributed by atoms with van der Waals surface area (Å²) in [5.74, 6) is -1.57. The Morgan fingerprint density at radius 3 is 2.50 bits per heavy atom. The van der Waals surface area contributed by atoms with Crippen molar-refractivity contribution < 1.29 is 22.5 Å². The number of aromatic nitrogens is 1. The molecule has 0 atom stereocenters. The summed E-state index contributed by atoms with van der Waals surface area (Å²) in [5.41, 5.74) is -2.46. The molecule has 116 valence electrons. The molecule has 0 saturated heterocycles. The molecule has 0 aliphatic heterocycles. The predicted octanol–water partition coefficient (Wildman–Crippen LogP) is 4.54. The molecule has 0 aliphatic rings. The third-order valence-electron chi connectivity index (χ3n) is 2.58. The molecule has 22 heavy (non-hydrogen) atoms. The molecule has 0 radical (unpaired) electrons. The molecule has 5 nitrogen and oxygen atoms in total. The van der Waals surface area contributed by atoms with E-state index in [9.17, 15) is 27.7 Å². The number of anilines is 2. The molecule has 10 heteroatoms. The van der Waals surface area contributed by atoms with E-state index in [-0.39, 0.29) is 11.2 Å². The fraction of sp³-hybridized carbons (Fsp3) is 0.0833. The summed E-state index contributed by atoms with van der Waals surface area (Å²) in [4.78, 5) is 13.6. The number of benzene rings is 1. The van der Waals surface area contributed by atoms with Crippen LogP contribution in [0, 0.1) is 15.9 Å². The van der Waals surface area contributed by atoms with Gasteiger partial charge in [-0.1, -0.05) is 11.6 Å². The molecule has 0 spiro atoms. The van der Waals surface area contributed by atoms with Crippen LogP contribution in [0.3, 0.4) is 0 Å². The van der Waals surface area contributed by atoms with Gasteiger partial charge in [-0.15, -0.1) is 0 Å². The second-order valence-electron chi connectivity index (χ2n) is 4.07. The normalized spacial score (nSPS) is 11.3. The predicted molar refractivity (Wildman–Crippen MR) is 70.6 cm³/mol. The first-order chi connectivity index (χ1) is 10.2. The van der Waals surface area contributed by atoms with Crippen molar-refractivity contribution in [1.82, 2.24) is 4.98 Å². The monoisotopic (exact) mass is 335 g/mol. The summed E-state index contributed by atoms with van der Waals surface area (Å²) in [5, 5.41) is 12.9. The van der Waals surface area contributed by atoms with Crippen molar-refractivity contribution in [3.63, 3.8) is 0 Å². The van der Waals surface area contributed by atoms with Crippen LogP contribution in [0.1, 0.15) is 5.56 Å². The second kappa shape index (κ2) is 5.76. The standard InChI is InChI=1S/C12H6ClF4N3O2/c13-10-4-3-9(20(21)22)11(19-10)18-8-2-1-6(14)5-7(8)12(15,16)17/h1-5H,(H,18,19). The van der Waals surface area contributed by atoms with Gasteiger partial charge >= 0.3 is 11.9 Å². The van der Waals surface area contributed by atoms with Crippen molar-refractivity contribution >= 4 is 28.8 Å². The molecule has 2 rings (SSSR count). The molecule has 1 heterocycles. The van der Waals surface area contributed by atoms with Gasteiger partial charge in [-0.2, -0.15) is 13.2 Å². The number of alkyl halides is 3. The maximum Gasteiger partial charge on any atom is 0.418 e. The number of nitrogens with zero attached hydrogens (tertiary/aromatic N) is 2. The molecule has 1 N–H and O–H groups in total. The third kappa shape index (κ3) is 3.42. The van der Waals surface area contributed by atoms with E-state index in [1.807, 2.05) is 0 Å². The fourth-order valence-corrected chi connectivity index (χ4v) is 1.80. The Morgan fingerprint density at radius 1 is 1.23 bits per heavy atom. The zero-order valence-corrected chi connectivity index (χ0v) is 11.2. The van der Waals surface area contributed by atoms with E-state index in [1.54, 1.807) is 0 Å². The maximum atomic E-state index is 13.0. The number of hydrogen-bond donors (Lipinski definition) is 1. The molecule has 1 aromatic heterocycles. The molecule has 0 unspecified atom stereocenters. The van der Waals surface area contributed by atoms with Crippen LogP contribution in [0.4, 0.5) is 34.8 Å². The Kier molecular flexibility index (Phi) is 4.18. The Hall–Kier alpha value is -2.42. The molecule has 0 amide bonds. The molecule has 0 aliphatic carbocycles. The average molecular weight is 336 g/mol. The van der Waals surface area contributed by atoms with Gasteiger partial charge in [0.1, 0.15) is 11.0 Å². The highest BCUT2D eigenvalue weighted by Crippen LogP contribution is 2.37. The Balaban J connectivity index is 2.52. The van der Waals surface area contributed by atoms with Gasteiger partial charge in [-0.3, -0.25) is 10.1 Å². The number of nitrogens with one attached hydrogen (secondary N) is 1. The van der Waals surface area contributed by atoms with Gasteiger partial charge < -0.3 is 5.32 Å². The van der Waals surface area contributed by atoms with Gasteiger partial charge in [0.2, 0.25) is 5.82 Å². The van der Waals surface area contributed by atoms with Crippen LogP contribution in [-0.2, 0) is 6.18 Å². The highest BCUT2D eigenvalue weighted by Gasteiger charge is 2.34. The van der Waals surface area contributed by atoms with Crippen molar-refractivity contribution in [1.29, 1.82) is 0 Å². The van der Waals surface area contributed by atoms with Gasteiger partial charge in [-0.05, 0) is 24.3 Å². The summed E-state index contributed by atoms with van der Waals surface area (Å²) in [6, 6.07) is 3.99. The van der Waals surface area contributed by atoms with Gasteiger partial charge in [0.05, 0.1) is 16.2 Å². The quantitative estimate of drug-likeness (QED) is 0.387. The lowest BCUT2D eigenvalue weighted by Gasteiger charge is -2.14. The van der Waals surface area contributed by atoms with Gasteiger partial charge in [0.15, 0.2) is 0 Å². The van der Waals surface area contributed by atoms with Crippen molar-refractivity contribution in [2.24, 2.45) is 0 Å². The minimum atomic E-state index is -4.85. The van der Waals surface area contributed by atoms with Crippen LogP contribution < -0.4 is 5.32 Å². The van der Waals surface area contributed by atoms with Crippen LogP contribution in [-0.4, -0.2) is 9.91 Å². The molecule has 0 fully saturated rings.